The molecule has 0 saturated heterocycles. The predicted molar refractivity (Wildman–Crippen MR) is 77.7 cm³/mol. The molecular weight excluding hydrogens is 316 g/mol. The number of sulfonamides is 1. The second-order valence-electron chi connectivity index (χ2n) is 5.42. The number of anilines is 1. The Balaban J connectivity index is 1.81. The van der Waals surface area contributed by atoms with Crippen LogP contribution in [0, 0.1) is 5.92 Å². The van der Waals surface area contributed by atoms with Crippen LogP contribution in [0.15, 0.2) is 17.0 Å². The summed E-state index contributed by atoms with van der Waals surface area (Å²) in [4.78, 5) is 11.2. The molecule has 1 amide bonds. The first-order valence-electron chi connectivity index (χ1n) is 6.67. The Kier molecular flexibility index (Phi) is 3.69. The first-order chi connectivity index (χ1) is 9.87. The van der Waals surface area contributed by atoms with E-state index in [1.807, 2.05) is 0 Å². The molecule has 114 valence electrons. The van der Waals surface area contributed by atoms with Crippen LogP contribution in [0.1, 0.15) is 18.4 Å². The van der Waals surface area contributed by atoms with Crippen LogP contribution in [-0.4, -0.2) is 32.1 Å². The number of fused-ring (bicyclic) bond motifs is 1. The number of amides is 1. The van der Waals surface area contributed by atoms with E-state index in [9.17, 15) is 18.3 Å². The van der Waals surface area contributed by atoms with Crippen LogP contribution in [0.2, 0.25) is 5.02 Å². The molecule has 1 fully saturated rings. The van der Waals surface area contributed by atoms with Gasteiger partial charge in [0.25, 0.3) is 0 Å². The Bertz CT molecular complexity index is 700. The zero-order valence-corrected chi connectivity index (χ0v) is 12.7. The van der Waals surface area contributed by atoms with Gasteiger partial charge in [0.05, 0.1) is 17.5 Å². The topological polar surface area (TPSA) is 95.5 Å². The number of hydrogen-bond acceptors (Lipinski definition) is 4. The molecule has 1 unspecified atom stereocenters. The second kappa shape index (κ2) is 5.24. The maximum absolute atomic E-state index is 12.3. The van der Waals surface area contributed by atoms with E-state index in [-0.39, 0.29) is 34.7 Å². The van der Waals surface area contributed by atoms with Gasteiger partial charge in [-0.1, -0.05) is 11.6 Å². The molecule has 1 aromatic carbocycles. The minimum Gasteiger partial charge on any atom is -0.391 e. The fourth-order valence-electron chi connectivity index (χ4n) is 2.35. The smallest absolute Gasteiger partial charge is 0.242 e. The molecule has 1 aromatic rings. The Morgan fingerprint density at radius 1 is 1.43 bits per heavy atom. The van der Waals surface area contributed by atoms with Gasteiger partial charge in [-0.15, -0.1) is 0 Å². The van der Waals surface area contributed by atoms with E-state index < -0.39 is 16.1 Å². The first-order valence-corrected chi connectivity index (χ1v) is 8.53. The predicted octanol–water partition coefficient (Wildman–Crippen LogP) is 0.884. The second-order valence-corrected chi connectivity index (χ2v) is 7.56. The van der Waals surface area contributed by atoms with Crippen molar-refractivity contribution in [1.82, 2.24) is 4.72 Å². The highest BCUT2D eigenvalue weighted by molar-refractivity contribution is 7.89. The fraction of sp³-hybridized carbons (Fsp3) is 0.462. The highest BCUT2D eigenvalue weighted by atomic mass is 35.5. The SMILES string of the molecule is O=C1Cc2cc(S(=O)(=O)NCC(O)C3CC3)c(Cl)cc2N1. The van der Waals surface area contributed by atoms with E-state index in [0.29, 0.717) is 11.3 Å². The summed E-state index contributed by atoms with van der Waals surface area (Å²) in [6, 6.07) is 2.84. The Labute approximate surface area is 127 Å². The molecule has 8 heteroatoms. The highest BCUT2D eigenvalue weighted by Crippen LogP contribution is 2.34. The van der Waals surface area contributed by atoms with Crippen molar-refractivity contribution in [2.75, 3.05) is 11.9 Å². The van der Waals surface area contributed by atoms with Crippen LogP contribution in [0.4, 0.5) is 5.69 Å². The normalized spacial score (nSPS) is 19.2. The molecule has 1 aliphatic carbocycles. The van der Waals surface area contributed by atoms with E-state index in [2.05, 4.69) is 10.0 Å². The zero-order chi connectivity index (χ0) is 15.2. The molecule has 1 heterocycles. The number of aliphatic hydroxyl groups is 1. The molecule has 3 rings (SSSR count). The molecule has 3 N–H and O–H groups in total. The summed E-state index contributed by atoms with van der Waals surface area (Å²) in [6.45, 7) is -0.0302. The third-order valence-corrected chi connectivity index (χ3v) is 5.61. The number of nitrogens with one attached hydrogen (secondary N) is 2. The van der Waals surface area contributed by atoms with Crippen molar-refractivity contribution >= 4 is 33.2 Å². The third-order valence-electron chi connectivity index (χ3n) is 3.72. The average Bonchev–Trinajstić information content (AvgIpc) is 3.18. The number of hydrogen-bond donors (Lipinski definition) is 3. The van der Waals surface area contributed by atoms with Crippen LogP contribution in [0.5, 0.6) is 0 Å². The maximum Gasteiger partial charge on any atom is 0.242 e. The van der Waals surface area contributed by atoms with E-state index in [4.69, 9.17) is 11.6 Å². The fourth-order valence-corrected chi connectivity index (χ4v) is 3.98. The molecule has 21 heavy (non-hydrogen) atoms. The summed E-state index contributed by atoms with van der Waals surface area (Å²) >= 11 is 6.00. The number of rotatable bonds is 5. The lowest BCUT2D eigenvalue weighted by molar-refractivity contribution is -0.115. The van der Waals surface area contributed by atoms with Crippen molar-refractivity contribution in [3.8, 4) is 0 Å². The summed E-state index contributed by atoms with van der Waals surface area (Å²) in [7, 11) is -3.81. The maximum atomic E-state index is 12.3. The molecule has 0 spiro atoms. The van der Waals surface area contributed by atoms with E-state index in [0.717, 1.165) is 12.8 Å². The van der Waals surface area contributed by atoms with Gasteiger partial charge in [-0.3, -0.25) is 4.79 Å². The van der Waals surface area contributed by atoms with Gasteiger partial charge in [0.1, 0.15) is 4.90 Å². The zero-order valence-electron chi connectivity index (χ0n) is 11.1. The molecule has 1 saturated carbocycles. The summed E-state index contributed by atoms with van der Waals surface area (Å²) in [5.41, 5.74) is 1.15. The highest BCUT2D eigenvalue weighted by Gasteiger charge is 2.31. The summed E-state index contributed by atoms with van der Waals surface area (Å²) in [5.74, 6) is -0.00209. The number of benzene rings is 1. The lowest BCUT2D eigenvalue weighted by Crippen LogP contribution is -2.33. The van der Waals surface area contributed by atoms with E-state index in [1.165, 1.54) is 12.1 Å². The van der Waals surface area contributed by atoms with Crippen molar-refractivity contribution in [2.24, 2.45) is 5.92 Å². The van der Waals surface area contributed by atoms with Gasteiger partial charge in [0, 0.05) is 12.2 Å². The van der Waals surface area contributed by atoms with Crippen molar-refractivity contribution in [3.05, 3.63) is 22.7 Å². The van der Waals surface area contributed by atoms with Crippen LogP contribution in [0.25, 0.3) is 0 Å². The van der Waals surface area contributed by atoms with Gasteiger partial charge in [0.2, 0.25) is 15.9 Å². The van der Waals surface area contributed by atoms with Crippen LogP contribution in [0.3, 0.4) is 0 Å². The summed E-state index contributed by atoms with van der Waals surface area (Å²) in [6.07, 6.45) is 1.32. The Hall–Kier alpha value is -1.15. The molecule has 1 atom stereocenters. The quantitative estimate of drug-likeness (QED) is 0.747. The molecule has 0 aromatic heterocycles. The number of aliphatic hydroxyl groups excluding tert-OH is 1. The van der Waals surface area contributed by atoms with E-state index >= 15 is 0 Å². The number of halogens is 1. The molecule has 2 aliphatic rings. The average molecular weight is 331 g/mol. The van der Waals surface area contributed by atoms with E-state index in [1.54, 1.807) is 0 Å². The van der Waals surface area contributed by atoms with Gasteiger partial charge in [-0.05, 0) is 36.5 Å². The monoisotopic (exact) mass is 330 g/mol. The lowest BCUT2D eigenvalue weighted by atomic mass is 10.2. The number of carbonyl (C=O) groups excluding carboxylic acids is 1. The van der Waals surface area contributed by atoms with Gasteiger partial charge in [0.15, 0.2) is 0 Å². The van der Waals surface area contributed by atoms with Crippen molar-refractivity contribution in [3.63, 3.8) is 0 Å². The Morgan fingerprint density at radius 3 is 2.81 bits per heavy atom. The van der Waals surface area contributed by atoms with Crippen LogP contribution < -0.4 is 10.0 Å². The van der Waals surface area contributed by atoms with Crippen LogP contribution >= 0.6 is 11.6 Å². The lowest BCUT2D eigenvalue weighted by Gasteiger charge is -2.13. The number of carbonyl (C=O) groups is 1. The molecular formula is C13H15ClN2O4S. The van der Waals surface area contributed by atoms with Crippen molar-refractivity contribution in [2.45, 2.75) is 30.3 Å². The molecule has 0 bridgehead atoms. The Morgan fingerprint density at radius 2 is 2.14 bits per heavy atom. The van der Waals surface area contributed by atoms with Gasteiger partial charge >= 0.3 is 0 Å². The van der Waals surface area contributed by atoms with Crippen molar-refractivity contribution < 1.29 is 18.3 Å². The standard InChI is InChI=1S/C13H15ClN2O4S/c14-9-5-10-8(4-13(18)16-10)3-12(9)21(19,20)15-6-11(17)7-1-2-7/h3,5,7,11,15,17H,1-2,4,6H2,(H,16,18). The summed E-state index contributed by atoms with van der Waals surface area (Å²) < 4.78 is 26.9. The molecule has 1 aliphatic heterocycles. The van der Waals surface area contributed by atoms with Gasteiger partial charge in [-0.2, -0.15) is 0 Å². The third kappa shape index (κ3) is 3.06. The molecule has 6 nitrogen and oxygen atoms in total. The van der Waals surface area contributed by atoms with Gasteiger partial charge < -0.3 is 10.4 Å². The summed E-state index contributed by atoms with van der Waals surface area (Å²) in [5, 5.41) is 12.4. The first kappa shape index (κ1) is 14.8. The molecule has 0 radical (unpaired) electrons. The minimum atomic E-state index is -3.81. The minimum absolute atomic E-state index is 0.0302. The van der Waals surface area contributed by atoms with Gasteiger partial charge in [-0.25, -0.2) is 13.1 Å². The van der Waals surface area contributed by atoms with Crippen molar-refractivity contribution in [1.29, 1.82) is 0 Å². The largest absolute Gasteiger partial charge is 0.391 e. The van der Waals surface area contributed by atoms with Crippen LogP contribution in [-0.2, 0) is 21.2 Å².